The van der Waals surface area contributed by atoms with Gasteiger partial charge in [0.1, 0.15) is 24.2 Å². The van der Waals surface area contributed by atoms with Crippen LogP contribution in [-0.4, -0.2) is 42.3 Å². The van der Waals surface area contributed by atoms with Crippen molar-refractivity contribution in [3.63, 3.8) is 0 Å². The first-order valence-electron chi connectivity index (χ1n) is 10.5. The molecule has 0 saturated heterocycles. The minimum absolute atomic E-state index is 0.0282. The second kappa shape index (κ2) is 10.8. The molecule has 3 N–H and O–H groups in total. The van der Waals surface area contributed by atoms with E-state index in [9.17, 15) is 18.7 Å². The van der Waals surface area contributed by atoms with E-state index in [1.54, 1.807) is 18.2 Å². The number of carbonyl (C=O) groups is 1. The smallest absolute Gasteiger partial charge is 0.306 e. The van der Waals surface area contributed by atoms with Crippen LogP contribution in [-0.2, 0) is 23.7 Å². The SMILES string of the molecule is O=C(Cc1nc(NCC(F)(F)c2ccccn2)cc(Cl)c1O)NCc1cc(Cl)ccc1-n1cncn1. The molecule has 36 heavy (non-hydrogen) atoms. The average Bonchev–Trinajstić information content (AvgIpc) is 3.40. The lowest BCUT2D eigenvalue weighted by Crippen LogP contribution is -2.27. The molecule has 0 fully saturated rings. The molecule has 186 valence electrons. The Morgan fingerprint density at radius 2 is 2.00 bits per heavy atom. The lowest BCUT2D eigenvalue weighted by atomic mass is 10.1. The molecule has 0 radical (unpaired) electrons. The number of nitrogens with zero attached hydrogens (tertiary/aromatic N) is 5. The van der Waals surface area contributed by atoms with E-state index in [1.807, 2.05) is 0 Å². The summed E-state index contributed by atoms with van der Waals surface area (Å²) in [5.74, 6) is -4.22. The standard InChI is InChI=1S/C23H19Cl2F2N7O2/c24-15-4-5-18(34-13-28-12-32-34)14(7-15)10-30-21(35)9-17-22(36)16(25)8-20(33-17)31-11-23(26,27)19-3-1-2-6-29-19/h1-8,12-13,36H,9-11H2,(H,30,35)(H,31,33). The van der Waals surface area contributed by atoms with Crippen molar-refractivity contribution in [2.75, 3.05) is 11.9 Å². The van der Waals surface area contributed by atoms with Gasteiger partial charge in [-0.2, -0.15) is 13.9 Å². The van der Waals surface area contributed by atoms with E-state index in [-0.39, 0.29) is 29.5 Å². The van der Waals surface area contributed by atoms with Crippen LogP contribution in [0.3, 0.4) is 0 Å². The molecule has 0 unspecified atom stereocenters. The monoisotopic (exact) mass is 533 g/mol. The quantitative estimate of drug-likeness (QED) is 0.296. The predicted octanol–water partition coefficient (Wildman–Crippen LogP) is 4.13. The van der Waals surface area contributed by atoms with Gasteiger partial charge in [-0.25, -0.2) is 14.6 Å². The van der Waals surface area contributed by atoms with Gasteiger partial charge in [0.05, 0.1) is 29.4 Å². The molecule has 0 aliphatic carbocycles. The third kappa shape index (κ3) is 6.04. The molecular formula is C23H19Cl2F2N7O2. The summed E-state index contributed by atoms with van der Waals surface area (Å²) >= 11 is 12.1. The number of carbonyl (C=O) groups excluding carboxylic acids is 1. The predicted molar refractivity (Wildman–Crippen MR) is 129 cm³/mol. The Morgan fingerprint density at radius 3 is 2.72 bits per heavy atom. The minimum Gasteiger partial charge on any atom is -0.505 e. The van der Waals surface area contributed by atoms with Gasteiger partial charge in [0.15, 0.2) is 5.75 Å². The third-order valence-corrected chi connectivity index (χ3v) is 5.58. The van der Waals surface area contributed by atoms with Crippen molar-refractivity contribution in [3.05, 3.63) is 88.3 Å². The van der Waals surface area contributed by atoms with Gasteiger partial charge in [0.2, 0.25) is 5.91 Å². The fourth-order valence-electron chi connectivity index (χ4n) is 3.30. The van der Waals surface area contributed by atoms with Crippen LogP contribution in [0.5, 0.6) is 5.75 Å². The number of aromatic nitrogens is 5. The number of halogens is 4. The van der Waals surface area contributed by atoms with Crippen LogP contribution < -0.4 is 10.6 Å². The number of rotatable bonds is 9. The van der Waals surface area contributed by atoms with Gasteiger partial charge in [0, 0.05) is 23.8 Å². The van der Waals surface area contributed by atoms with E-state index in [1.165, 1.54) is 47.8 Å². The molecule has 0 spiro atoms. The highest BCUT2D eigenvalue weighted by Crippen LogP contribution is 2.31. The van der Waals surface area contributed by atoms with Gasteiger partial charge in [-0.05, 0) is 35.9 Å². The summed E-state index contributed by atoms with van der Waals surface area (Å²) in [5.41, 5.74) is 0.851. The molecule has 4 aromatic rings. The average molecular weight is 534 g/mol. The maximum atomic E-state index is 14.4. The van der Waals surface area contributed by atoms with Crippen molar-refractivity contribution in [2.24, 2.45) is 0 Å². The van der Waals surface area contributed by atoms with E-state index >= 15 is 0 Å². The third-order valence-electron chi connectivity index (χ3n) is 5.06. The number of pyridine rings is 2. The zero-order valence-corrected chi connectivity index (χ0v) is 20.0. The van der Waals surface area contributed by atoms with Gasteiger partial charge in [-0.1, -0.05) is 29.3 Å². The van der Waals surface area contributed by atoms with Crippen LogP contribution in [0.2, 0.25) is 10.0 Å². The summed E-state index contributed by atoms with van der Waals surface area (Å²) in [7, 11) is 0. The first kappa shape index (κ1) is 25.3. The zero-order chi connectivity index (χ0) is 25.7. The second-order valence-electron chi connectivity index (χ2n) is 7.62. The van der Waals surface area contributed by atoms with Crippen LogP contribution in [0, 0.1) is 0 Å². The van der Waals surface area contributed by atoms with Crippen LogP contribution in [0.1, 0.15) is 17.0 Å². The number of amides is 1. The van der Waals surface area contributed by atoms with Crippen LogP contribution in [0.4, 0.5) is 14.6 Å². The molecule has 0 aliphatic rings. The molecule has 0 aliphatic heterocycles. The molecule has 0 bridgehead atoms. The molecule has 3 heterocycles. The fourth-order valence-corrected chi connectivity index (χ4v) is 3.71. The zero-order valence-electron chi connectivity index (χ0n) is 18.5. The highest BCUT2D eigenvalue weighted by Gasteiger charge is 2.33. The fraction of sp³-hybridized carbons (Fsp3) is 0.174. The maximum Gasteiger partial charge on any atom is 0.306 e. The van der Waals surface area contributed by atoms with Crippen molar-refractivity contribution < 1.29 is 18.7 Å². The lowest BCUT2D eigenvalue weighted by molar-refractivity contribution is -0.120. The number of anilines is 1. The van der Waals surface area contributed by atoms with Gasteiger partial charge in [-0.3, -0.25) is 9.78 Å². The molecule has 0 atom stereocenters. The summed E-state index contributed by atoms with van der Waals surface area (Å²) < 4.78 is 30.4. The first-order chi connectivity index (χ1) is 17.2. The maximum absolute atomic E-state index is 14.4. The summed E-state index contributed by atoms with van der Waals surface area (Å²) in [6, 6.07) is 10.5. The Bertz CT molecular complexity index is 1360. The molecule has 13 heteroatoms. The summed E-state index contributed by atoms with van der Waals surface area (Å²) in [6.07, 6.45) is 3.81. The largest absolute Gasteiger partial charge is 0.505 e. The Morgan fingerprint density at radius 1 is 1.17 bits per heavy atom. The highest BCUT2D eigenvalue weighted by molar-refractivity contribution is 6.32. The van der Waals surface area contributed by atoms with E-state index in [2.05, 4.69) is 30.7 Å². The van der Waals surface area contributed by atoms with Crippen molar-refractivity contribution in [3.8, 4) is 11.4 Å². The Labute approximate surface area is 214 Å². The second-order valence-corrected chi connectivity index (χ2v) is 8.47. The summed E-state index contributed by atoms with van der Waals surface area (Å²) in [5, 5.41) is 19.9. The first-order valence-corrected chi connectivity index (χ1v) is 11.3. The van der Waals surface area contributed by atoms with E-state index in [4.69, 9.17) is 23.2 Å². The number of hydrogen-bond donors (Lipinski definition) is 3. The van der Waals surface area contributed by atoms with Gasteiger partial charge >= 0.3 is 5.92 Å². The number of nitrogens with one attached hydrogen (secondary N) is 2. The summed E-state index contributed by atoms with van der Waals surface area (Å²) in [4.78, 5) is 24.3. The molecule has 9 nitrogen and oxygen atoms in total. The molecule has 1 aromatic carbocycles. The summed E-state index contributed by atoms with van der Waals surface area (Å²) in [6.45, 7) is -0.721. The molecule has 0 saturated carbocycles. The number of aromatic hydroxyl groups is 1. The normalized spacial score (nSPS) is 11.3. The van der Waals surface area contributed by atoms with Crippen LogP contribution in [0.15, 0.2) is 61.3 Å². The van der Waals surface area contributed by atoms with E-state index < -0.39 is 29.8 Å². The van der Waals surface area contributed by atoms with E-state index in [0.717, 1.165) is 0 Å². The topological polar surface area (TPSA) is 118 Å². The Kier molecular flexibility index (Phi) is 7.61. The van der Waals surface area contributed by atoms with E-state index in [0.29, 0.717) is 16.3 Å². The molecule has 1 amide bonds. The number of benzene rings is 1. The lowest BCUT2D eigenvalue weighted by Gasteiger charge is -2.17. The highest BCUT2D eigenvalue weighted by atomic mass is 35.5. The van der Waals surface area contributed by atoms with Crippen molar-refractivity contribution in [2.45, 2.75) is 18.9 Å². The Hall–Kier alpha value is -3.83. The van der Waals surface area contributed by atoms with Crippen molar-refractivity contribution in [1.29, 1.82) is 0 Å². The Balaban J connectivity index is 1.43. The van der Waals surface area contributed by atoms with Crippen molar-refractivity contribution >= 4 is 34.9 Å². The van der Waals surface area contributed by atoms with Gasteiger partial charge in [0.25, 0.3) is 0 Å². The minimum atomic E-state index is -3.29. The molecular weight excluding hydrogens is 515 g/mol. The van der Waals surface area contributed by atoms with Crippen LogP contribution in [0.25, 0.3) is 5.69 Å². The van der Waals surface area contributed by atoms with Gasteiger partial charge in [-0.15, -0.1) is 0 Å². The molecule has 4 rings (SSSR count). The molecule has 3 aromatic heterocycles. The van der Waals surface area contributed by atoms with Crippen LogP contribution >= 0.6 is 23.2 Å². The van der Waals surface area contributed by atoms with Gasteiger partial charge < -0.3 is 15.7 Å². The number of hydrogen-bond acceptors (Lipinski definition) is 7. The van der Waals surface area contributed by atoms with Crippen molar-refractivity contribution in [1.82, 2.24) is 30.0 Å². The number of alkyl halides is 2.